The van der Waals surface area contributed by atoms with Gasteiger partial charge in [-0.15, -0.1) is 0 Å². The van der Waals surface area contributed by atoms with Crippen molar-refractivity contribution in [3.05, 3.63) is 35.8 Å². The molecule has 0 atom stereocenters. The van der Waals surface area contributed by atoms with Gasteiger partial charge in [-0.2, -0.15) is 0 Å². The predicted octanol–water partition coefficient (Wildman–Crippen LogP) is 0.669. The van der Waals surface area contributed by atoms with Gasteiger partial charge in [0.2, 0.25) is 5.91 Å². The topological polar surface area (TPSA) is 83.7 Å². The van der Waals surface area contributed by atoms with Crippen LogP contribution in [0.25, 0.3) is 5.65 Å². The largest absolute Gasteiger partial charge is 0.476 e. The summed E-state index contributed by atoms with van der Waals surface area (Å²) in [5.74, 6) is -1.17. The minimum Gasteiger partial charge on any atom is -0.476 e. The van der Waals surface area contributed by atoms with Gasteiger partial charge in [0.1, 0.15) is 5.65 Å². The highest BCUT2D eigenvalue weighted by Crippen LogP contribution is 2.08. The molecule has 2 aromatic rings. The number of nitrogens with one attached hydrogen (secondary N) is 1. The third kappa shape index (κ3) is 2.41. The maximum absolute atomic E-state index is 10.8. The zero-order chi connectivity index (χ0) is 12.4. The molecule has 2 rings (SSSR count). The number of hydrogen-bond donors (Lipinski definition) is 2. The van der Waals surface area contributed by atoms with Crippen LogP contribution in [0.15, 0.2) is 24.5 Å². The molecule has 0 fully saturated rings. The Balaban J connectivity index is 2.30. The monoisotopic (exact) mass is 233 g/mol. The third-order valence-electron chi connectivity index (χ3n) is 2.29. The second-order valence-electron chi connectivity index (χ2n) is 3.64. The Morgan fingerprint density at radius 2 is 2.29 bits per heavy atom. The quantitative estimate of drug-likeness (QED) is 0.816. The number of carboxylic acid groups (broad SMARTS) is 1. The van der Waals surface area contributed by atoms with Gasteiger partial charge in [-0.3, -0.25) is 4.79 Å². The molecule has 2 aromatic heterocycles. The van der Waals surface area contributed by atoms with E-state index in [1.54, 1.807) is 22.7 Å². The van der Waals surface area contributed by atoms with Gasteiger partial charge in [-0.1, -0.05) is 0 Å². The van der Waals surface area contributed by atoms with Crippen LogP contribution in [0.1, 0.15) is 23.0 Å². The molecule has 0 spiro atoms. The van der Waals surface area contributed by atoms with E-state index in [1.807, 2.05) is 0 Å². The Morgan fingerprint density at radius 3 is 2.94 bits per heavy atom. The van der Waals surface area contributed by atoms with Gasteiger partial charge in [0.15, 0.2) is 5.69 Å². The molecular weight excluding hydrogens is 222 g/mol. The molecule has 0 saturated heterocycles. The van der Waals surface area contributed by atoms with Gasteiger partial charge in [0.05, 0.1) is 0 Å². The molecular formula is C11H11N3O3. The molecule has 88 valence electrons. The number of nitrogens with zero attached hydrogens (tertiary/aromatic N) is 2. The zero-order valence-corrected chi connectivity index (χ0v) is 9.17. The number of rotatable bonds is 3. The molecule has 0 aromatic carbocycles. The van der Waals surface area contributed by atoms with Crippen LogP contribution < -0.4 is 5.32 Å². The van der Waals surface area contributed by atoms with Crippen molar-refractivity contribution in [1.29, 1.82) is 0 Å². The van der Waals surface area contributed by atoms with E-state index in [2.05, 4.69) is 10.3 Å². The first-order valence-electron chi connectivity index (χ1n) is 5.01. The lowest BCUT2D eigenvalue weighted by molar-refractivity contribution is -0.119. The van der Waals surface area contributed by atoms with Crippen molar-refractivity contribution in [2.24, 2.45) is 0 Å². The van der Waals surface area contributed by atoms with Crippen LogP contribution in [-0.2, 0) is 11.3 Å². The lowest BCUT2D eigenvalue weighted by Crippen LogP contribution is -2.18. The normalized spacial score (nSPS) is 10.4. The number of fused-ring (bicyclic) bond motifs is 1. The summed E-state index contributed by atoms with van der Waals surface area (Å²) in [7, 11) is 0. The Kier molecular flexibility index (Phi) is 2.78. The highest BCUT2D eigenvalue weighted by molar-refractivity contribution is 5.86. The van der Waals surface area contributed by atoms with E-state index in [0.29, 0.717) is 12.2 Å². The number of amides is 1. The molecule has 0 aliphatic carbocycles. The molecule has 2 heterocycles. The van der Waals surface area contributed by atoms with Gasteiger partial charge < -0.3 is 14.8 Å². The molecule has 6 heteroatoms. The second kappa shape index (κ2) is 4.25. The molecule has 0 saturated carbocycles. The van der Waals surface area contributed by atoms with E-state index in [9.17, 15) is 9.59 Å². The maximum atomic E-state index is 10.8. The molecule has 0 aliphatic heterocycles. The number of aromatic carboxylic acids is 1. The van der Waals surface area contributed by atoms with E-state index in [1.165, 1.54) is 13.1 Å². The summed E-state index contributed by atoms with van der Waals surface area (Å²) in [6.07, 6.45) is 3.16. The average molecular weight is 233 g/mol. The van der Waals surface area contributed by atoms with Crippen LogP contribution in [0.3, 0.4) is 0 Å². The van der Waals surface area contributed by atoms with Crippen LogP contribution in [0.5, 0.6) is 0 Å². The number of hydrogen-bond acceptors (Lipinski definition) is 3. The van der Waals surface area contributed by atoms with Crippen LogP contribution >= 0.6 is 0 Å². The van der Waals surface area contributed by atoms with Crippen molar-refractivity contribution in [3.8, 4) is 0 Å². The summed E-state index contributed by atoms with van der Waals surface area (Å²) in [6.45, 7) is 1.84. The first-order chi connectivity index (χ1) is 8.06. The van der Waals surface area contributed by atoms with Gasteiger partial charge >= 0.3 is 5.97 Å². The van der Waals surface area contributed by atoms with E-state index in [0.717, 1.165) is 5.56 Å². The van der Waals surface area contributed by atoms with E-state index in [4.69, 9.17) is 5.11 Å². The lowest BCUT2D eigenvalue weighted by atomic mass is 10.2. The number of aromatic nitrogens is 2. The molecule has 0 unspecified atom stereocenters. The number of carbonyl (C=O) groups excluding carboxylic acids is 1. The SMILES string of the molecule is CC(=O)NCc1ccn2cc(C(=O)O)nc2c1. The standard InChI is InChI=1S/C11H11N3O3/c1-7(15)12-5-8-2-3-14-6-9(11(16)17)13-10(14)4-8/h2-4,6H,5H2,1H3,(H,12,15)(H,16,17). The summed E-state index contributed by atoms with van der Waals surface area (Å²) < 4.78 is 1.63. The van der Waals surface area contributed by atoms with E-state index in [-0.39, 0.29) is 11.6 Å². The summed E-state index contributed by atoms with van der Waals surface area (Å²) in [4.78, 5) is 25.5. The average Bonchev–Trinajstić information content (AvgIpc) is 2.69. The Bertz CT molecular complexity index is 589. The molecule has 0 bridgehead atoms. The van der Waals surface area contributed by atoms with Crippen molar-refractivity contribution < 1.29 is 14.7 Å². The molecule has 1 amide bonds. The van der Waals surface area contributed by atoms with Crippen molar-refractivity contribution >= 4 is 17.5 Å². The molecule has 17 heavy (non-hydrogen) atoms. The minimum absolute atomic E-state index is 0.00155. The fraction of sp³-hybridized carbons (Fsp3) is 0.182. The lowest BCUT2D eigenvalue weighted by Gasteiger charge is -2.02. The third-order valence-corrected chi connectivity index (χ3v) is 2.29. The Morgan fingerprint density at radius 1 is 1.53 bits per heavy atom. The predicted molar refractivity (Wildman–Crippen MR) is 59.7 cm³/mol. The van der Waals surface area contributed by atoms with Crippen molar-refractivity contribution in [2.75, 3.05) is 0 Å². The number of carboxylic acids is 1. The molecule has 0 radical (unpaired) electrons. The fourth-order valence-corrected chi connectivity index (χ4v) is 1.46. The first kappa shape index (κ1) is 11.1. The number of pyridine rings is 1. The number of imidazole rings is 1. The van der Waals surface area contributed by atoms with Crippen LogP contribution in [0.4, 0.5) is 0 Å². The Labute approximate surface area is 96.9 Å². The van der Waals surface area contributed by atoms with Crippen molar-refractivity contribution in [2.45, 2.75) is 13.5 Å². The molecule has 2 N–H and O–H groups in total. The van der Waals surface area contributed by atoms with Gasteiger partial charge in [0.25, 0.3) is 0 Å². The van der Waals surface area contributed by atoms with Crippen LogP contribution in [-0.4, -0.2) is 26.4 Å². The first-order valence-corrected chi connectivity index (χ1v) is 5.01. The van der Waals surface area contributed by atoms with Crippen molar-refractivity contribution in [1.82, 2.24) is 14.7 Å². The smallest absolute Gasteiger partial charge is 0.356 e. The summed E-state index contributed by atoms with van der Waals surface area (Å²) in [5, 5.41) is 11.5. The molecule has 0 aliphatic rings. The summed E-state index contributed by atoms with van der Waals surface area (Å²) in [6, 6.07) is 3.54. The highest BCUT2D eigenvalue weighted by Gasteiger charge is 2.08. The zero-order valence-electron chi connectivity index (χ0n) is 9.17. The highest BCUT2D eigenvalue weighted by atomic mass is 16.4. The van der Waals surface area contributed by atoms with E-state index < -0.39 is 5.97 Å². The van der Waals surface area contributed by atoms with E-state index >= 15 is 0 Å². The van der Waals surface area contributed by atoms with Gasteiger partial charge in [0, 0.05) is 25.9 Å². The Hall–Kier alpha value is -2.37. The molecule has 6 nitrogen and oxygen atoms in total. The van der Waals surface area contributed by atoms with Crippen molar-refractivity contribution in [3.63, 3.8) is 0 Å². The van der Waals surface area contributed by atoms with Crippen LogP contribution in [0.2, 0.25) is 0 Å². The maximum Gasteiger partial charge on any atom is 0.356 e. The summed E-state index contributed by atoms with van der Waals surface area (Å²) >= 11 is 0. The van der Waals surface area contributed by atoms with Gasteiger partial charge in [-0.05, 0) is 17.7 Å². The minimum atomic E-state index is -1.06. The summed E-state index contributed by atoms with van der Waals surface area (Å²) in [5.41, 5.74) is 1.42. The second-order valence-corrected chi connectivity index (χ2v) is 3.64. The van der Waals surface area contributed by atoms with Gasteiger partial charge in [-0.25, -0.2) is 9.78 Å². The fourth-order valence-electron chi connectivity index (χ4n) is 1.46. The van der Waals surface area contributed by atoms with Crippen LogP contribution in [0, 0.1) is 0 Å². The number of carbonyl (C=O) groups is 2.